The van der Waals surface area contributed by atoms with Crippen LogP contribution in [0.1, 0.15) is 34.9 Å². The second kappa shape index (κ2) is 5.49. The first-order chi connectivity index (χ1) is 11.2. The van der Waals surface area contributed by atoms with Gasteiger partial charge in [0.25, 0.3) is 11.6 Å². The average Bonchev–Trinajstić information content (AvgIpc) is 3.25. The molecule has 1 atom stereocenters. The number of hydrogen-bond donors (Lipinski definition) is 0. The van der Waals surface area contributed by atoms with E-state index in [9.17, 15) is 4.79 Å². The molecular weight excluding hydrogens is 294 g/mol. The van der Waals surface area contributed by atoms with Crippen LogP contribution in [0.4, 0.5) is 0 Å². The van der Waals surface area contributed by atoms with Crippen molar-refractivity contribution < 1.29 is 9.32 Å². The summed E-state index contributed by atoms with van der Waals surface area (Å²) in [6, 6.07) is 3.96. The summed E-state index contributed by atoms with van der Waals surface area (Å²) in [6.45, 7) is 3.27. The molecule has 1 fully saturated rings. The van der Waals surface area contributed by atoms with Crippen LogP contribution in [-0.2, 0) is 0 Å². The minimum Gasteiger partial charge on any atom is -0.336 e. The molecule has 1 aliphatic rings. The maximum absolute atomic E-state index is 12.8. The van der Waals surface area contributed by atoms with Gasteiger partial charge in [-0.2, -0.15) is 5.10 Å². The molecule has 7 heteroatoms. The number of carbonyl (C=O) groups excluding carboxylic acids is 1. The van der Waals surface area contributed by atoms with E-state index in [1.165, 1.54) is 0 Å². The monoisotopic (exact) mass is 311 g/mol. The average molecular weight is 311 g/mol. The Morgan fingerprint density at radius 1 is 1.43 bits per heavy atom. The number of likely N-dealkylation sites (tertiary alicyclic amines) is 1. The minimum atomic E-state index is -0.00291. The number of aryl methyl sites for hydroxylation is 1. The van der Waals surface area contributed by atoms with Crippen molar-refractivity contribution in [3.63, 3.8) is 0 Å². The molecule has 118 valence electrons. The van der Waals surface area contributed by atoms with Crippen molar-refractivity contribution in [1.82, 2.24) is 24.8 Å². The number of carbonyl (C=O) groups is 1. The third-order valence-electron chi connectivity index (χ3n) is 4.34. The van der Waals surface area contributed by atoms with Gasteiger partial charge in [0.2, 0.25) is 0 Å². The molecule has 4 rings (SSSR count). The predicted octanol–water partition coefficient (Wildman–Crippen LogP) is 2.21. The lowest BCUT2D eigenvalue weighted by Crippen LogP contribution is -2.40. The maximum Gasteiger partial charge on any atom is 0.257 e. The Bertz CT molecular complexity index is 839. The van der Waals surface area contributed by atoms with E-state index in [1.54, 1.807) is 12.4 Å². The molecule has 0 unspecified atom stereocenters. The minimum absolute atomic E-state index is 0.00291. The summed E-state index contributed by atoms with van der Waals surface area (Å²) < 4.78 is 7.03. The lowest BCUT2D eigenvalue weighted by molar-refractivity contribution is 0.0672. The summed E-state index contributed by atoms with van der Waals surface area (Å²) in [5.74, 6) is -0.00291. The number of amides is 1. The van der Waals surface area contributed by atoms with Gasteiger partial charge in [-0.3, -0.25) is 9.48 Å². The van der Waals surface area contributed by atoms with Crippen molar-refractivity contribution in [3.05, 3.63) is 42.0 Å². The highest BCUT2D eigenvalue weighted by Crippen LogP contribution is 2.23. The van der Waals surface area contributed by atoms with E-state index >= 15 is 0 Å². The van der Waals surface area contributed by atoms with Crippen molar-refractivity contribution >= 4 is 17.0 Å². The first kappa shape index (κ1) is 13.9. The zero-order chi connectivity index (χ0) is 15.8. The molecule has 0 N–H and O–H groups in total. The molecular formula is C16H17N5O2. The Morgan fingerprint density at radius 3 is 3.17 bits per heavy atom. The Morgan fingerprint density at radius 2 is 2.35 bits per heavy atom. The summed E-state index contributed by atoms with van der Waals surface area (Å²) in [5.41, 5.74) is 1.78. The van der Waals surface area contributed by atoms with E-state index in [2.05, 4.69) is 15.2 Å². The van der Waals surface area contributed by atoms with Crippen LogP contribution in [0.2, 0.25) is 0 Å². The molecule has 0 aromatic carbocycles. The number of rotatable bonds is 2. The highest BCUT2D eigenvalue weighted by atomic mass is 16.5. The molecule has 0 saturated carbocycles. The quantitative estimate of drug-likeness (QED) is 0.725. The Kier molecular flexibility index (Phi) is 3.33. The molecule has 1 amide bonds. The molecule has 7 nitrogen and oxygen atoms in total. The number of pyridine rings is 1. The van der Waals surface area contributed by atoms with E-state index in [4.69, 9.17) is 4.52 Å². The van der Waals surface area contributed by atoms with Gasteiger partial charge in [-0.1, -0.05) is 5.16 Å². The van der Waals surface area contributed by atoms with Gasteiger partial charge in [0.15, 0.2) is 0 Å². The number of nitrogens with zero attached hydrogens (tertiary/aromatic N) is 5. The van der Waals surface area contributed by atoms with Crippen LogP contribution in [0.3, 0.4) is 0 Å². The summed E-state index contributed by atoms with van der Waals surface area (Å²) in [7, 11) is 0. The zero-order valence-corrected chi connectivity index (χ0v) is 12.8. The highest BCUT2D eigenvalue weighted by Gasteiger charge is 2.26. The molecule has 3 aromatic heterocycles. The van der Waals surface area contributed by atoms with Gasteiger partial charge in [-0.15, -0.1) is 0 Å². The van der Waals surface area contributed by atoms with E-state index < -0.39 is 0 Å². The molecule has 4 heterocycles. The molecule has 0 radical (unpaired) electrons. The SMILES string of the molecule is Cc1noc2ncc(C(=O)N3CCC[C@H](n4cccn4)C3)cc12. The van der Waals surface area contributed by atoms with Gasteiger partial charge >= 0.3 is 0 Å². The van der Waals surface area contributed by atoms with E-state index in [-0.39, 0.29) is 11.9 Å². The van der Waals surface area contributed by atoms with Crippen molar-refractivity contribution in [2.75, 3.05) is 13.1 Å². The van der Waals surface area contributed by atoms with Crippen molar-refractivity contribution in [1.29, 1.82) is 0 Å². The van der Waals surface area contributed by atoms with Gasteiger partial charge in [-0.05, 0) is 31.9 Å². The third kappa shape index (κ3) is 2.48. The van der Waals surface area contributed by atoms with Crippen LogP contribution in [0.15, 0.2) is 35.2 Å². The number of fused-ring (bicyclic) bond motifs is 1. The molecule has 0 spiro atoms. The van der Waals surface area contributed by atoms with Gasteiger partial charge in [0, 0.05) is 31.7 Å². The maximum atomic E-state index is 12.8. The predicted molar refractivity (Wildman–Crippen MR) is 82.9 cm³/mol. The molecule has 23 heavy (non-hydrogen) atoms. The molecule has 0 aliphatic carbocycles. The Labute approximate surface area is 132 Å². The number of piperidine rings is 1. The van der Waals surface area contributed by atoms with E-state index in [0.717, 1.165) is 30.5 Å². The summed E-state index contributed by atoms with van der Waals surface area (Å²) in [5, 5.41) is 8.97. The summed E-state index contributed by atoms with van der Waals surface area (Å²) >= 11 is 0. The normalized spacial score (nSPS) is 18.5. The zero-order valence-electron chi connectivity index (χ0n) is 12.8. The highest BCUT2D eigenvalue weighted by molar-refractivity contribution is 5.97. The van der Waals surface area contributed by atoms with Gasteiger partial charge in [0.05, 0.1) is 22.7 Å². The van der Waals surface area contributed by atoms with Crippen LogP contribution in [0, 0.1) is 6.92 Å². The van der Waals surface area contributed by atoms with Crippen molar-refractivity contribution in [3.8, 4) is 0 Å². The fraction of sp³-hybridized carbons (Fsp3) is 0.375. The lowest BCUT2D eigenvalue weighted by Gasteiger charge is -2.32. The molecule has 1 aliphatic heterocycles. The third-order valence-corrected chi connectivity index (χ3v) is 4.34. The molecule has 1 saturated heterocycles. The van der Waals surface area contributed by atoms with Gasteiger partial charge in [-0.25, -0.2) is 4.98 Å². The van der Waals surface area contributed by atoms with Crippen LogP contribution < -0.4 is 0 Å². The summed E-state index contributed by atoms with van der Waals surface area (Å²) in [6.07, 6.45) is 7.29. The molecule has 3 aromatic rings. The first-order valence-corrected chi connectivity index (χ1v) is 7.73. The first-order valence-electron chi connectivity index (χ1n) is 7.73. The van der Waals surface area contributed by atoms with Crippen molar-refractivity contribution in [2.24, 2.45) is 0 Å². The van der Waals surface area contributed by atoms with Crippen LogP contribution in [0.5, 0.6) is 0 Å². The van der Waals surface area contributed by atoms with Crippen molar-refractivity contribution in [2.45, 2.75) is 25.8 Å². The van der Waals surface area contributed by atoms with Gasteiger partial charge < -0.3 is 9.42 Å². The lowest BCUT2D eigenvalue weighted by atomic mass is 10.0. The topological polar surface area (TPSA) is 77.0 Å². The van der Waals surface area contributed by atoms with Crippen LogP contribution >= 0.6 is 0 Å². The smallest absolute Gasteiger partial charge is 0.257 e. The van der Waals surface area contributed by atoms with E-state index in [1.807, 2.05) is 34.8 Å². The van der Waals surface area contributed by atoms with E-state index in [0.29, 0.717) is 17.8 Å². The Balaban J connectivity index is 1.58. The van der Waals surface area contributed by atoms with Crippen LogP contribution in [-0.4, -0.2) is 43.8 Å². The standard InChI is InChI=1S/C16H17N5O2/c1-11-14-8-12(9-17-15(14)23-19-11)16(22)20-6-2-4-13(10-20)21-7-3-5-18-21/h3,5,7-9,13H,2,4,6,10H2,1H3/t13-/m0/s1. The van der Waals surface area contributed by atoms with Crippen LogP contribution in [0.25, 0.3) is 11.1 Å². The molecule has 0 bridgehead atoms. The number of aromatic nitrogens is 4. The summed E-state index contributed by atoms with van der Waals surface area (Å²) in [4.78, 5) is 18.9. The fourth-order valence-corrected chi connectivity index (χ4v) is 3.10. The van der Waals surface area contributed by atoms with Gasteiger partial charge in [0.1, 0.15) is 0 Å². The largest absolute Gasteiger partial charge is 0.336 e. The number of hydrogen-bond acceptors (Lipinski definition) is 5. The second-order valence-corrected chi connectivity index (χ2v) is 5.88. The Hall–Kier alpha value is -2.70. The fourth-order valence-electron chi connectivity index (χ4n) is 3.10. The second-order valence-electron chi connectivity index (χ2n) is 5.88.